The third-order valence-electron chi connectivity index (χ3n) is 4.27. The monoisotopic (exact) mass is 260 g/mol. The fraction of sp³-hybridized carbons (Fsp3) is 0.533. The molecule has 1 fully saturated rings. The number of carbonyl (C=O) groups is 1. The predicted molar refractivity (Wildman–Crippen MR) is 74.2 cm³/mol. The SMILES string of the molecule is CC1Oc2ccccc2N(C2CCCC2CN)C1=O. The lowest BCUT2D eigenvalue weighted by atomic mass is 10.00. The molecule has 0 aromatic heterocycles. The van der Waals surface area contributed by atoms with Crippen LogP contribution in [0.3, 0.4) is 0 Å². The number of anilines is 1. The van der Waals surface area contributed by atoms with Gasteiger partial charge in [0.1, 0.15) is 5.75 Å². The summed E-state index contributed by atoms with van der Waals surface area (Å²) in [7, 11) is 0. The Morgan fingerprint density at radius 2 is 2.16 bits per heavy atom. The number of amides is 1. The number of nitrogens with two attached hydrogens (primary N) is 1. The number of hydrogen-bond donors (Lipinski definition) is 1. The zero-order valence-corrected chi connectivity index (χ0v) is 11.2. The lowest BCUT2D eigenvalue weighted by molar-refractivity contribution is -0.126. The van der Waals surface area contributed by atoms with Gasteiger partial charge in [-0.05, 0) is 44.4 Å². The molecule has 102 valence electrons. The smallest absolute Gasteiger partial charge is 0.268 e. The van der Waals surface area contributed by atoms with Gasteiger partial charge in [0, 0.05) is 6.04 Å². The summed E-state index contributed by atoms with van der Waals surface area (Å²) >= 11 is 0. The Labute approximate surface area is 113 Å². The molecule has 1 heterocycles. The van der Waals surface area contributed by atoms with Gasteiger partial charge in [-0.2, -0.15) is 0 Å². The van der Waals surface area contributed by atoms with E-state index < -0.39 is 6.10 Å². The highest BCUT2D eigenvalue weighted by Gasteiger charge is 2.40. The molecule has 1 aromatic carbocycles. The molecule has 1 aromatic rings. The molecule has 0 saturated heterocycles. The number of benzene rings is 1. The van der Waals surface area contributed by atoms with E-state index in [9.17, 15) is 4.79 Å². The fourth-order valence-electron chi connectivity index (χ4n) is 3.29. The van der Waals surface area contributed by atoms with Crippen LogP contribution in [0.25, 0.3) is 0 Å². The van der Waals surface area contributed by atoms with Crippen molar-refractivity contribution in [3.63, 3.8) is 0 Å². The van der Waals surface area contributed by atoms with Crippen molar-refractivity contribution in [1.82, 2.24) is 0 Å². The first-order valence-corrected chi connectivity index (χ1v) is 7.01. The Kier molecular flexibility index (Phi) is 3.19. The van der Waals surface area contributed by atoms with Crippen LogP contribution < -0.4 is 15.4 Å². The number of hydrogen-bond acceptors (Lipinski definition) is 3. The molecule has 1 saturated carbocycles. The van der Waals surface area contributed by atoms with E-state index >= 15 is 0 Å². The Morgan fingerprint density at radius 1 is 1.37 bits per heavy atom. The van der Waals surface area contributed by atoms with E-state index in [1.807, 2.05) is 36.1 Å². The summed E-state index contributed by atoms with van der Waals surface area (Å²) < 4.78 is 5.68. The van der Waals surface area contributed by atoms with Crippen LogP contribution in [0, 0.1) is 5.92 Å². The van der Waals surface area contributed by atoms with Crippen molar-refractivity contribution in [2.75, 3.05) is 11.4 Å². The van der Waals surface area contributed by atoms with Crippen LogP contribution in [0.4, 0.5) is 5.69 Å². The highest BCUT2D eigenvalue weighted by atomic mass is 16.5. The summed E-state index contributed by atoms with van der Waals surface area (Å²) in [5.74, 6) is 1.27. The molecule has 1 aliphatic heterocycles. The Hall–Kier alpha value is -1.55. The van der Waals surface area contributed by atoms with Gasteiger partial charge in [0.25, 0.3) is 5.91 Å². The van der Waals surface area contributed by atoms with Gasteiger partial charge < -0.3 is 15.4 Å². The Balaban J connectivity index is 2.01. The molecular weight excluding hydrogens is 240 g/mol. The summed E-state index contributed by atoms with van der Waals surface area (Å²) in [4.78, 5) is 14.4. The molecule has 0 spiro atoms. The first-order chi connectivity index (χ1) is 9.22. The second-order valence-electron chi connectivity index (χ2n) is 5.43. The highest BCUT2D eigenvalue weighted by molar-refractivity contribution is 6.00. The zero-order valence-electron chi connectivity index (χ0n) is 11.2. The third kappa shape index (κ3) is 2.00. The molecule has 3 unspecified atom stereocenters. The maximum absolute atomic E-state index is 12.5. The average molecular weight is 260 g/mol. The molecule has 2 N–H and O–H groups in total. The molecule has 2 aliphatic rings. The molecule has 4 heteroatoms. The topological polar surface area (TPSA) is 55.6 Å². The molecule has 1 amide bonds. The standard InChI is InChI=1S/C15H20N2O2/c1-10-15(18)17(12-7-4-5-11(12)9-16)13-6-2-3-8-14(13)19-10/h2-3,6,8,10-12H,4-5,7,9,16H2,1H3. The van der Waals surface area contributed by atoms with E-state index in [0.29, 0.717) is 12.5 Å². The van der Waals surface area contributed by atoms with E-state index in [2.05, 4.69) is 0 Å². The van der Waals surface area contributed by atoms with Crippen molar-refractivity contribution in [2.24, 2.45) is 11.7 Å². The van der Waals surface area contributed by atoms with Crippen LogP contribution in [-0.2, 0) is 4.79 Å². The lowest BCUT2D eigenvalue weighted by Crippen LogP contribution is -2.51. The van der Waals surface area contributed by atoms with Crippen molar-refractivity contribution < 1.29 is 9.53 Å². The highest BCUT2D eigenvalue weighted by Crippen LogP contribution is 2.40. The Bertz CT molecular complexity index is 489. The summed E-state index contributed by atoms with van der Waals surface area (Å²) in [5.41, 5.74) is 6.76. The molecule has 19 heavy (non-hydrogen) atoms. The molecular formula is C15H20N2O2. The van der Waals surface area contributed by atoms with Gasteiger partial charge in [0.2, 0.25) is 0 Å². The maximum atomic E-state index is 12.5. The number of fused-ring (bicyclic) bond motifs is 1. The molecule has 1 aliphatic carbocycles. The summed E-state index contributed by atoms with van der Waals surface area (Å²) in [5, 5.41) is 0. The van der Waals surface area contributed by atoms with E-state index in [-0.39, 0.29) is 11.9 Å². The van der Waals surface area contributed by atoms with Crippen LogP contribution in [0.2, 0.25) is 0 Å². The van der Waals surface area contributed by atoms with Crippen molar-refractivity contribution in [3.05, 3.63) is 24.3 Å². The van der Waals surface area contributed by atoms with Crippen molar-refractivity contribution in [3.8, 4) is 5.75 Å². The molecule has 3 rings (SSSR count). The second-order valence-corrected chi connectivity index (χ2v) is 5.43. The van der Waals surface area contributed by atoms with Crippen LogP contribution in [-0.4, -0.2) is 24.6 Å². The molecule has 3 atom stereocenters. The zero-order chi connectivity index (χ0) is 13.4. The number of carbonyl (C=O) groups excluding carboxylic acids is 1. The second kappa shape index (κ2) is 4.85. The quantitative estimate of drug-likeness (QED) is 0.884. The van der Waals surface area contributed by atoms with E-state index in [1.165, 1.54) is 0 Å². The van der Waals surface area contributed by atoms with Gasteiger partial charge in [-0.3, -0.25) is 4.79 Å². The van der Waals surface area contributed by atoms with Crippen LogP contribution in [0.1, 0.15) is 26.2 Å². The number of para-hydroxylation sites is 2. The van der Waals surface area contributed by atoms with Crippen LogP contribution in [0.15, 0.2) is 24.3 Å². The average Bonchev–Trinajstić information content (AvgIpc) is 2.88. The van der Waals surface area contributed by atoms with E-state index in [4.69, 9.17) is 10.5 Å². The van der Waals surface area contributed by atoms with Gasteiger partial charge in [0.05, 0.1) is 5.69 Å². The van der Waals surface area contributed by atoms with E-state index in [1.54, 1.807) is 0 Å². The first kappa shape index (κ1) is 12.5. The van der Waals surface area contributed by atoms with Crippen molar-refractivity contribution >= 4 is 11.6 Å². The number of rotatable bonds is 2. The van der Waals surface area contributed by atoms with Crippen molar-refractivity contribution in [2.45, 2.75) is 38.3 Å². The summed E-state index contributed by atoms with van der Waals surface area (Å²) in [6.07, 6.45) is 2.89. The minimum atomic E-state index is -0.408. The molecule has 0 bridgehead atoms. The number of ether oxygens (including phenoxy) is 1. The molecule has 4 nitrogen and oxygen atoms in total. The van der Waals surface area contributed by atoms with Gasteiger partial charge in [-0.1, -0.05) is 18.6 Å². The van der Waals surface area contributed by atoms with Crippen LogP contribution in [0.5, 0.6) is 5.75 Å². The minimum absolute atomic E-state index is 0.0593. The van der Waals surface area contributed by atoms with Gasteiger partial charge in [0.15, 0.2) is 6.10 Å². The normalized spacial score (nSPS) is 30.1. The Morgan fingerprint density at radius 3 is 2.95 bits per heavy atom. The van der Waals surface area contributed by atoms with Crippen molar-refractivity contribution in [1.29, 1.82) is 0 Å². The van der Waals surface area contributed by atoms with Gasteiger partial charge in [-0.25, -0.2) is 0 Å². The van der Waals surface area contributed by atoms with Crippen LogP contribution >= 0.6 is 0 Å². The third-order valence-corrected chi connectivity index (χ3v) is 4.27. The summed E-state index contributed by atoms with van der Waals surface area (Å²) in [6, 6.07) is 8.01. The van der Waals surface area contributed by atoms with E-state index in [0.717, 1.165) is 30.7 Å². The van der Waals surface area contributed by atoms with Gasteiger partial charge >= 0.3 is 0 Å². The fourth-order valence-corrected chi connectivity index (χ4v) is 3.29. The predicted octanol–water partition coefficient (Wildman–Crippen LogP) is 1.93. The maximum Gasteiger partial charge on any atom is 0.268 e. The number of nitrogens with zero attached hydrogens (tertiary/aromatic N) is 1. The van der Waals surface area contributed by atoms with Gasteiger partial charge in [-0.15, -0.1) is 0 Å². The first-order valence-electron chi connectivity index (χ1n) is 7.01. The minimum Gasteiger partial charge on any atom is -0.479 e. The molecule has 0 radical (unpaired) electrons. The largest absolute Gasteiger partial charge is 0.479 e. The lowest BCUT2D eigenvalue weighted by Gasteiger charge is -2.39. The summed E-state index contributed by atoms with van der Waals surface area (Å²) in [6.45, 7) is 2.46.